The van der Waals surface area contributed by atoms with E-state index >= 15 is 0 Å². The number of aliphatic imine (C=N–C) groups is 1. The molecule has 7 nitrogen and oxygen atoms in total. The van der Waals surface area contributed by atoms with E-state index in [0.29, 0.717) is 5.39 Å². The van der Waals surface area contributed by atoms with Crippen LogP contribution in [0.2, 0.25) is 0 Å². The average Bonchev–Trinajstić information content (AvgIpc) is 2.93. The molecule has 2 aromatic carbocycles. The van der Waals surface area contributed by atoms with Crippen molar-refractivity contribution in [3.05, 3.63) is 65.6 Å². The average molecular weight is 333 g/mol. The molecule has 1 heterocycles. The molecule has 0 saturated heterocycles. The summed E-state index contributed by atoms with van der Waals surface area (Å²) in [5.74, 6) is -1.98. The second-order valence-corrected chi connectivity index (χ2v) is 5.56. The second-order valence-electron chi connectivity index (χ2n) is 5.56. The van der Waals surface area contributed by atoms with Crippen LogP contribution in [0.4, 0.5) is 10.5 Å². The lowest BCUT2D eigenvalue weighted by molar-refractivity contribution is -0.113. The maximum absolute atomic E-state index is 12.5. The Hall–Kier alpha value is -3.74. The van der Waals surface area contributed by atoms with Gasteiger partial charge in [0.05, 0.1) is 17.0 Å². The minimum Gasteiger partial charge on any atom is -0.503 e. The topological polar surface area (TPSA) is 113 Å². The van der Waals surface area contributed by atoms with Crippen molar-refractivity contribution in [3.8, 4) is 0 Å². The van der Waals surface area contributed by atoms with Crippen LogP contribution in [0.1, 0.15) is 10.4 Å². The van der Waals surface area contributed by atoms with E-state index in [1.165, 1.54) is 12.1 Å². The lowest BCUT2D eigenvalue weighted by Crippen LogP contribution is -2.30. The molecule has 1 aliphatic carbocycles. The number of primary amides is 1. The Morgan fingerprint density at radius 1 is 1.08 bits per heavy atom. The first-order valence-corrected chi connectivity index (χ1v) is 7.39. The molecule has 3 amide bonds. The van der Waals surface area contributed by atoms with Crippen molar-refractivity contribution in [2.45, 2.75) is 0 Å². The number of urea groups is 1. The molecule has 0 unspecified atom stereocenters. The van der Waals surface area contributed by atoms with Gasteiger partial charge in [0, 0.05) is 5.39 Å². The number of nitrogens with two attached hydrogens (primary N) is 1. The van der Waals surface area contributed by atoms with Gasteiger partial charge in [0.15, 0.2) is 5.76 Å². The van der Waals surface area contributed by atoms with Crippen molar-refractivity contribution in [2.75, 3.05) is 4.90 Å². The minimum absolute atomic E-state index is 0.0450. The summed E-state index contributed by atoms with van der Waals surface area (Å²) >= 11 is 0. The van der Waals surface area contributed by atoms with Gasteiger partial charge in [-0.1, -0.05) is 30.3 Å². The number of nitrogens with zero attached hydrogens (tertiary/aromatic N) is 2. The van der Waals surface area contributed by atoms with Crippen LogP contribution >= 0.6 is 0 Å². The van der Waals surface area contributed by atoms with Gasteiger partial charge in [0.1, 0.15) is 5.70 Å². The lowest BCUT2D eigenvalue weighted by atomic mass is 10.0. The molecular weight excluding hydrogens is 322 g/mol. The predicted molar refractivity (Wildman–Crippen MR) is 91.6 cm³/mol. The molecule has 0 fully saturated rings. The fourth-order valence-corrected chi connectivity index (χ4v) is 3.01. The third-order valence-electron chi connectivity index (χ3n) is 4.11. The highest BCUT2D eigenvalue weighted by atomic mass is 16.3. The van der Waals surface area contributed by atoms with E-state index in [1.54, 1.807) is 18.2 Å². The van der Waals surface area contributed by atoms with Crippen molar-refractivity contribution in [1.29, 1.82) is 0 Å². The first kappa shape index (κ1) is 14.8. The molecule has 0 radical (unpaired) electrons. The molecule has 2 aromatic rings. The summed E-state index contributed by atoms with van der Waals surface area (Å²) in [7, 11) is 0. The number of carbonyl (C=O) groups is 3. The van der Waals surface area contributed by atoms with E-state index in [-0.39, 0.29) is 22.7 Å². The van der Waals surface area contributed by atoms with Gasteiger partial charge in [-0.15, -0.1) is 0 Å². The number of benzene rings is 2. The molecule has 122 valence electrons. The van der Waals surface area contributed by atoms with Crippen molar-refractivity contribution in [1.82, 2.24) is 0 Å². The first-order valence-electron chi connectivity index (χ1n) is 7.39. The van der Waals surface area contributed by atoms with Gasteiger partial charge in [-0.3, -0.25) is 14.5 Å². The van der Waals surface area contributed by atoms with E-state index in [4.69, 9.17) is 5.73 Å². The zero-order chi connectivity index (χ0) is 17.7. The highest BCUT2D eigenvalue weighted by Crippen LogP contribution is 2.37. The van der Waals surface area contributed by atoms with Gasteiger partial charge >= 0.3 is 6.03 Å². The van der Waals surface area contributed by atoms with Crippen molar-refractivity contribution in [3.63, 3.8) is 0 Å². The molecule has 7 heteroatoms. The number of fused-ring (bicyclic) bond motifs is 2. The van der Waals surface area contributed by atoms with Crippen LogP contribution in [0.25, 0.3) is 10.8 Å². The van der Waals surface area contributed by atoms with Crippen LogP contribution in [0, 0.1) is 0 Å². The molecule has 0 aromatic heterocycles. The Labute approximate surface area is 141 Å². The standard InChI is InChI=1S/C18H11N3O4/c19-17(24)11-6-5-9-3-1-2-4-10(9)14(11)21-15-12(20-18(21)25)7-8-13(22)16(15)23/h1-8,23H,(H2,19,24). The maximum atomic E-state index is 12.5. The van der Waals surface area contributed by atoms with Crippen molar-refractivity contribution in [2.24, 2.45) is 10.7 Å². The molecular formula is C18H11N3O4. The van der Waals surface area contributed by atoms with E-state index in [0.717, 1.165) is 16.4 Å². The smallest absolute Gasteiger partial charge is 0.353 e. The highest BCUT2D eigenvalue weighted by Gasteiger charge is 2.38. The maximum Gasteiger partial charge on any atom is 0.353 e. The number of rotatable bonds is 2. The summed E-state index contributed by atoms with van der Waals surface area (Å²) in [4.78, 5) is 41.2. The molecule has 4 rings (SSSR count). The number of aliphatic hydroxyl groups is 1. The molecule has 0 saturated carbocycles. The Balaban J connectivity index is 2.07. The largest absolute Gasteiger partial charge is 0.503 e. The molecule has 0 spiro atoms. The third-order valence-corrected chi connectivity index (χ3v) is 4.11. The zero-order valence-electron chi connectivity index (χ0n) is 12.8. The first-order chi connectivity index (χ1) is 12.0. The van der Waals surface area contributed by atoms with E-state index in [1.807, 2.05) is 12.1 Å². The minimum atomic E-state index is -0.736. The molecule has 0 atom stereocenters. The van der Waals surface area contributed by atoms with Crippen LogP contribution in [-0.2, 0) is 4.79 Å². The number of allylic oxidation sites excluding steroid dienone is 2. The van der Waals surface area contributed by atoms with Gasteiger partial charge in [0.25, 0.3) is 5.91 Å². The van der Waals surface area contributed by atoms with Crippen molar-refractivity contribution < 1.29 is 19.5 Å². The molecule has 0 bridgehead atoms. The highest BCUT2D eigenvalue weighted by molar-refractivity contribution is 6.33. The Morgan fingerprint density at radius 3 is 2.60 bits per heavy atom. The van der Waals surface area contributed by atoms with Gasteiger partial charge in [0.2, 0.25) is 5.78 Å². The monoisotopic (exact) mass is 333 g/mol. The zero-order valence-corrected chi connectivity index (χ0v) is 12.8. The van der Waals surface area contributed by atoms with E-state index in [2.05, 4.69) is 4.99 Å². The van der Waals surface area contributed by atoms with Gasteiger partial charge in [-0.2, -0.15) is 4.99 Å². The normalized spacial score (nSPS) is 16.5. The van der Waals surface area contributed by atoms with Crippen LogP contribution < -0.4 is 10.6 Å². The second kappa shape index (κ2) is 5.13. The van der Waals surface area contributed by atoms with Crippen LogP contribution in [-0.4, -0.2) is 28.5 Å². The van der Waals surface area contributed by atoms with Gasteiger partial charge in [-0.05, 0) is 23.6 Å². The number of hydrogen-bond donors (Lipinski definition) is 2. The summed E-state index contributed by atoms with van der Waals surface area (Å²) in [5.41, 5.74) is 5.87. The summed E-state index contributed by atoms with van der Waals surface area (Å²) in [5, 5.41) is 11.5. The number of amides is 3. The fraction of sp³-hybridized carbons (Fsp3) is 0. The molecule has 1 aliphatic heterocycles. The predicted octanol–water partition coefficient (Wildman–Crippen LogP) is 2.23. The Bertz CT molecular complexity index is 1080. The van der Waals surface area contributed by atoms with Crippen LogP contribution in [0.3, 0.4) is 0 Å². The summed E-state index contributed by atoms with van der Waals surface area (Å²) in [6.45, 7) is 0. The molecule has 3 N–H and O–H groups in total. The van der Waals surface area contributed by atoms with Gasteiger partial charge < -0.3 is 10.8 Å². The van der Waals surface area contributed by atoms with Crippen molar-refractivity contribution >= 4 is 39.9 Å². The third kappa shape index (κ3) is 2.06. The van der Waals surface area contributed by atoms with E-state index < -0.39 is 23.5 Å². The molecule has 2 aliphatic rings. The lowest BCUT2D eigenvalue weighted by Gasteiger charge is -2.23. The number of carbonyl (C=O) groups excluding carboxylic acids is 3. The quantitative estimate of drug-likeness (QED) is 0.820. The Morgan fingerprint density at radius 2 is 1.84 bits per heavy atom. The number of aliphatic hydroxyl groups excluding tert-OH is 1. The van der Waals surface area contributed by atoms with E-state index in [9.17, 15) is 19.5 Å². The fourth-order valence-electron chi connectivity index (χ4n) is 3.01. The summed E-state index contributed by atoms with van der Waals surface area (Å²) in [6, 6.07) is 9.60. The van der Waals surface area contributed by atoms with Gasteiger partial charge in [-0.25, -0.2) is 4.79 Å². The SMILES string of the molecule is NC(=O)c1ccc2ccccc2c1N1C(=O)N=C2C=CC(=O)C(O)=C21. The Kier molecular flexibility index (Phi) is 3.04. The van der Waals surface area contributed by atoms with Crippen LogP contribution in [0.5, 0.6) is 0 Å². The summed E-state index contributed by atoms with van der Waals surface area (Å²) < 4.78 is 0. The number of hydrogen-bond acceptors (Lipinski definition) is 4. The molecule has 25 heavy (non-hydrogen) atoms. The van der Waals surface area contributed by atoms with Crippen LogP contribution in [0.15, 0.2) is 65.0 Å². The number of anilines is 1. The number of ketones is 1. The summed E-state index contributed by atoms with van der Waals surface area (Å²) in [6.07, 6.45) is 2.48.